The van der Waals surface area contributed by atoms with Gasteiger partial charge in [0.25, 0.3) is 0 Å². The second-order valence-corrected chi connectivity index (χ2v) is 7.50. The maximum Gasteiger partial charge on any atom is 0.244 e. The molecule has 3 atom stereocenters. The Morgan fingerprint density at radius 2 is 1.85 bits per heavy atom. The molecule has 0 spiro atoms. The Morgan fingerprint density at radius 3 is 2.56 bits per heavy atom. The van der Waals surface area contributed by atoms with Crippen molar-refractivity contribution < 1.29 is 14.3 Å². The molecule has 4 rings (SSSR count). The van der Waals surface area contributed by atoms with Crippen LogP contribution in [0, 0.1) is 0 Å². The fraction of sp³-hybridized carbons (Fsp3) is 0.600. The van der Waals surface area contributed by atoms with Crippen molar-refractivity contribution in [2.75, 3.05) is 50.8 Å². The van der Waals surface area contributed by atoms with Gasteiger partial charge in [0, 0.05) is 45.0 Å². The summed E-state index contributed by atoms with van der Waals surface area (Å²) in [5, 5.41) is 3.27. The molecule has 1 unspecified atom stereocenters. The average Bonchev–Trinajstić information content (AvgIpc) is 3.10. The first kappa shape index (κ1) is 18.4. The number of piperazine rings is 1. The van der Waals surface area contributed by atoms with Crippen LogP contribution in [0.1, 0.15) is 13.3 Å². The molecule has 0 bridgehead atoms. The van der Waals surface area contributed by atoms with Crippen molar-refractivity contribution in [3.05, 3.63) is 30.3 Å². The third-order valence-corrected chi connectivity index (χ3v) is 5.89. The van der Waals surface area contributed by atoms with Gasteiger partial charge in [0.1, 0.15) is 6.04 Å². The van der Waals surface area contributed by atoms with Gasteiger partial charge in [-0.3, -0.25) is 14.5 Å². The van der Waals surface area contributed by atoms with Crippen LogP contribution in [-0.2, 0) is 14.3 Å². The Morgan fingerprint density at radius 1 is 1.11 bits per heavy atom. The topological polar surface area (TPSA) is 65.1 Å². The van der Waals surface area contributed by atoms with Gasteiger partial charge >= 0.3 is 0 Å². The summed E-state index contributed by atoms with van der Waals surface area (Å²) in [5.41, 5.74) is 0.969. The van der Waals surface area contributed by atoms with Crippen LogP contribution in [0.2, 0.25) is 0 Å². The molecule has 0 radical (unpaired) electrons. The molecule has 3 heterocycles. The van der Waals surface area contributed by atoms with Crippen molar-refractivity contribution in [1.29, 1.82) is 0 Å². The number of anilines is 1. The highest BCUT2D eigenvalue weighted by atomic mass is 16.5. The fourth-order valence-electron chi connectivity index (χ4n) is 4.33. The standard InChI is InChI=1S/C20H28N4O3/c1-15-18(21-8-14-27-15)20(26)23-12-10-22(11-13-23)17-7-9-24(19(17)25)16-5-3-2-4-6-16/h2-6,15,17-18,21H,7-14H2,1H3/t15-,17?,18+/m1/s1. The van der Waals surface area contributed by atoms with Crippen LogP contribution in [0.3, 0.4) is 0 Å². The number of amides is 2. The van der Waals surface area contributed by atoms with Gasteiger partial charge in [-0.2, -0.15) is 0 Å². The molecule has 3 saturated heterocycles. The monoisotopic (exact) mass is 372 g/mol. The van der Waals surface area contributed by atoms with E-state index in [1.165, 1.54) is 0 Å². The molecule has 3 aliphatic rings. The molecule has 1 aromatic carbocycles. The lowest BCUT2D eigenvalue weighted by molar-refractivity contribution is -0.141. The minimum atomic E-state index is -0.257. The van der Waals surface area contributed by atoms with Gasteiger partial charge in [0.2, 0.25) is 11.8 Å². The maximum absolute atomic E-state index is 12.9. The predicted molar refractivity (Wildman–Crippen MR) is 103 cm³/mol. The molecule has 146 valence electrons. The zero-order chi connectivity index (χ0) is 18.8. The minimum absolute atomic E-state index is 0.0717. The number of carbonyl (C=O) groups is 2. The molecular formula is C20H28N4O3. The number of benzene rings is 1. The molecule has 0 aromatic heterocycles. The third kappa shape index (κ3) is 3.72. The maximum atomic E-state index is 12.9. The number of nitrogens with one attached hydrogen (secondary N) is 1. The number of hydrogen-bond donors (Lipinski definition) is 1. The summed E-state index contributed by atoms with van der Waals surface area (Å²) in [6.45, 7) is 6.89. The van der Waals surface area contributed by atoms with Crippen LogP contribution in [0.15, 0.2) is 30.3 Å². The lowest BCUT2D eigenvalue weighted by Crippen LogP contribution is -2.60. The Kier molecular flexibility index (Phi) is 5.43. The van der Waals surface area contributed by atoms with E-state index in [4.69, 9.17) is 4.74 Å². The molecule has 7 heteroatoms. The summed E-state index contributed by atoms with van der Waals surface area (Å²) in [5.74, 6) is 0.294. The van der Waals surface area contributed by atoms with Crippen LogP contribution in [-0.4, -0.2) is 85.7 Å². The molecular weight excluding hydrogens is 344 g/mol. The Labute approximate surface area is 160 Å². The number of morpholine rings is 1. The van der Waals surface area contributed by atoms with Crippen molar-refractivity contribution in [2.24, 2.45) is 0 Å². The van der Waals surface area contributed by atoms with E-state index in [2.05, 4.69) is 10.2 Å². The van der Waals surface area contributed by atoms with Crippen LogP contribution >= 0.6 is 0 Å². The van der Waals surface area contributed by atoms with E-state index in [0.29, 0.717) is 26.2 Å². The third-order valence-electron chi connectivity index (χ3n) is 5.89. The number of ether oxygens (including phenoxy) is 1. The molecule has 1 N–H and O–H groups in total. The summed E-state index contributed by atoms with van der Waals surface area (Å²) in [4.78, 5) is 31.7. The van der Waals surface area contributed by atoms with Crippen molar-refractivity contribution in [1.82, 2.24) is 15.1 Å². The number of carbonyl (C=O) groups excluding carboxylic acids is 2. The first-order valence-corrected chi connectivity index (χ1v) is 9.89. The molecule has 0 saturated carbocycles. The first-order chi connectivity index (χ1) is 13.1. The van der Waals surface area contributed by atoms with Crippen molar-refractivity contribution >= 4 is 17.5 Å². The van der Waals surface area contributed by atoms with Gasteiger partial charge < -0.3 is 19.9 Å². The molecule has 2 amide bonds. The second-order valence-electron chi connectivity index (χ2n) is 7.50. The Bertz CT molecular complexity index is 675. The normalized spacial score (nSPS) is 30.0. The summed E-state index contributed by atoms with van der Waals surface area (Å²) >= 11 is 0. The number of nitrogens with zero attached hydrogens (tertiary/aromatic N) is 3. The first-order valence-electron chi connectivity index (χ1n) is 9.89. The number of rotatable bonds is 3. The highest BCUT2D eigenvalue weighted by Crippen LogP contribution is 2.25. The smallest absolute Gasteiger partial charge is 0.244 e. The predicted octanol–water partition coefficient (Wildman–Crippen LogP) is 0.313. The van der Waals surface area contributed by atoms with Gasteiger partial charge in [-0.1, -0.05) is 18.2 Å². The van der Waals surface area contributed by atoms with Crippen molar-refractivity contribution in [2.45, 2.75) is 31.5 Å². The van der Waals surface area contributed by atoms with Gasteiger partial charge in [-0.25, -0.2) is 0 Å². The zero-order valence-electron chi connectivity index (χ0n) is 15.8. The van der Waals surface area contributed by atoms with Gasteiger partial charge in [0.05, 0.1) is 18.8 Å². The molecule has 0 aliphatic carbocycles. The number of hydrogen-bond acceptors (Lipinski definition) is 5. The van der Waals surface area contributed by atoms with E-state index in [-0.39, 0.29) is 30.0 Å². The highest BCUT2D eigenvalue weighted by molar-refractivity contribution is 5.99. The van der Waals surface area contributed by atoms with E-state index in [1.807, 2.05) is 47.1 Å². The Hall–Kier alpha value is -1.96. The molecule has 27 heavy (non-hydrogen) atoms. The Balaban J connectivity index is 1.33. The second kappa shape index (κ2) is 7.96. The summed E-state index contributed by atoms with van der Waals surface area (Å²) in [7, 11) is 0. The summed E-state index contributed by atoms with van der Waals surface area (Å²) < 4.78 is 5.60. The zero-order valence-corrected chi connectivity index (χ0v) is 15.8. The van der Waals surface area contributed by atoms with E-state index in [1.54, 1.807) is 0 Å². The van der Waals surface area contributed by atoms with Gasteiger partial charge in [-0.05, 0) is 25.5 Å². The quantitative estimate of drug-likeness (QED) is 0.828. The van der Waals surface area contributed by atoms with Crippen molar-refractivity contribution in [3.8, 4) is 0 Å². The number of para-hydroxylation sites is 1. The summed E-state index contributed by atoms with van der Waals surface area (Å²) in [6.07, 6.45) is 0.747. The van der Waals surface area contributed by atoms with Crippen LogP contribution in [0.25, 0.3) is 0 Å². The van der Waals surface area contributed by atoms with Crippen LogP contribution in [0.4, 0.5) is 5.69 Å². The lowest BCUT2D eigenvalue weighted by atomic mass is 10.1. The van der Waals surface area contributed by atoms with Crippen molar-refractivity contribution in [3.63, 3.8) is 0 Å². The summed E-state index contributed by atoms with van der Waals surface area (Å²) in [6, 6.07) is 9.53. The van der Waals surface area contributed by atoms with Crippen LogP contribution < -0.4 is 10.2 Å². The molecule has 1 aromatic rings. The highest BCUT2D eigenvalue weighted by Gasteiger charge is 2.39. The molecule has 3 aliphatic heterocycles. The lowest BCUT2D eigenvalue weighted by Gasteiger charge is -2.40. The fourth-order valence-corrected chi connectivity index (χ4v) is 4.33. The largest absolute Gasteiger partial charge is 0.375 e. The van der Waals surface area contributed by atoms with E-state index < -0.39 is 0 Å². The molecule has 7 nitrogen and oxygen atoms in total. The SMILES string of the molecule is C[C@H]1OCCN[C@@H]1C(=O)N1CCN(C2CCN(c3ccccc3)C2=O)CC1. The van der Waals surface area contributed by atoms with E-state index in [0.717, 1.165) is 31.7 Å². The average molecular weight is 372 g/mol. The molecule has 3 fully saturated rings. The van der Waals surface area contributed by atoms with Crippen LogP contribution in [0.5, 0.6) is 0 Å². The minimum Gasteiger partial charge on any atom is -0.375 e. The van der Waals surface area contributed by atoms with E-state index in [9.17, 15) is 9.59 Å². The van der Waals surface area contributed by atoms with Gasteiger partial charge in [0.15, 0.2) is 0 Å². The van der Waals surface area contributed by atoms with E-state index >= 15 is 0 Å². The van der Waals surface area contributed by atoms with Gasteiger partial charge in [-0.15, -0.1) is 0 Å².